The maximum Gasteiger partial charge on any atom is 0.338 e. The number of aromatic nitrogens is 3. The van der Waals surface area contributed by atoms with E-state index < -0.39 is 47.3 Å². The van der Waals surface area contributed by atoms with Crippen LogP contribution < -0.4 is 5.32 Å². The van der Waals surface area contributed by atoms with Crippen LogP contribution in [0.5, 0.6) is 0 Å². The SMILES string of the molecule is C=CC(=O)N1CC[C@H](C(=O)N2CCCCC[C@H]2C(=O)N[C@H]2Cc3nc(cs3)-c3ccc4c(c3)c(c(-c3cccnc3[C@H](C)OC)n4CC)CC(C)(C)COC(=O)[C@@H]3CCCN(O3)C2=O)C1. The number of rotatable bonds is 8. The lowest BCUT2D eigenvalue weighted by molar-refractivity contribution is -0.231. The van der Waals surface area contributed by atoms with E-state index in [4.69, 9.17) is 24.3 Å². The lowest BCUT2D eigenvalue weighted by Gasteiger charge is -2.35. The average molecular weight is 908 g/mol. The first-order chi connectivity index (χ1) is 31.3. The molecule has 0 spiro atoms. The maximum atomic E-state index is 14.6. The molecule has 3 aromatic heterocycles. The Morgan fingerprint density at radius 1 is 1.08 bits per heavy atom. The lowest BCUT2D eigenvalue weighted by Crippen LogP contribution is -2.57. The summed E-state index contributed by atoms with van der Waals surface area (Å²) in [6, 6.07) is 8.47. The molecule has 4 aliphatic heterocycles. The van der Waals surface area contributed by atoms with Gasteiger partial charge in [0, 0.05) is 85.3 Å². The van der Waals surface area contributed by atoms with Gasteiger partial charge in [0.15, 0.2) is 6.10 Å². The van der Waals surface area contributed by atoms with E-state index in [0.29, 0.717) is 56.7 Å². The number of hydrogen-bond acceptors (Lipinski definition) is 11. The van der Waals surface area contributed by atoms with Crippen LogP contribution in [-0.2, 0) is 57.7 Å². The predicted molar refractivity (Wildman–Crippen MR) is 246 cm³/mol. The van der Waals surface area contributed by atoms with Gasteiger partial charge in [-0.15, -0.1) is 11.3 Å². The van der Waals surface area contributed by atoms with Gasteiger partial charge in [0.25, 0.3) is 5.91 Å². The van der Waals surface area contributed by atoms with Gasteiger partial charge in [0.1, 0.15) is 12.1 Å². The number of carbonyl (C=O) groups is 5. The molecule has 4 aliphatic rings. The number of nitrogens with one attached hydrogen (secondary N) is 1. The highest BCUT2D eigenvalue weighted by Gasteiger charge is 2.41. The summed E-state index contributed by atoms with van der Waals surface area (Å²) >= 11 is 1.40. The topological polar surface area (TPSA) is 166 Å². The molecule has 7 heterocycles. The van der Waals surface area contributed by atoms with Crippen LogP contribution in [0.4, 0.5) is 0 Å². The second-order valence-corrected chi connectivity index (χ2v) is 19.4. The van der Waals surface area contributed by atoms with Crippen molar-refractivity contribution in [1.29, 1.82) is 0 Å². The van der Waals surface area contributed by atoms with Crippen LogP contribution in [0.2, 0.25) is 0 Å². The number of nitrogens with zero attached hydrogens (tertiary/aromatic N) is 6. The summed E-state index contributed by atoms with van der Waals surface area (Å²) in [5.74, 6) is -2.32. The van der Waals surface area contributed by atoms with Crippen molar-refractivity contribution in [2.45, 2.75) is 116 Å². The molecule has 4 amide bonds. The monoisotopic (exact) mass is 907 g/mol. The van der Waals surface area contributed by atoms with Crippen LogP contribution in [-0.4, -0.2) is 117 Å². The zero-order chi connectivity index (χ0) is 46.0. The van der Waals surface area contributed by atoms with Crippen molar-refractivity contribution in [3.63, 3.8) is 0 Å². The van der Waals surface area contributed by atoms with E-state index in [9.17, 15) is 24.0 Å². The Bertz CT molecular complexity index is 2460. The molecule has 3 fully saturated rings. The number of thiazole rings is 1. The van der Waals surface area contributed by atoms with Crippen molar-refractivity contribution in [2.75, 3.05) is 39.9 Å². The zero-order valence-corrected chi connectivity index (χ0v) is 39.0. The van der Waals surface area contributed by atoms with Gasteiger partial charge in [0.05, 0.1) is 40.7 Å². The fourth-order valence-electron chi connectivity index (χ4n) is 9.87. The standard InChI is InChI=1S/C49H61N7O8S/c1-7-42(57)53-23-19-32(27-53)46(59)55-21-11-9-10-15-39(55)45(58)52-36-25-41-51-37(28-65-41)31-17-18-38-34(24-31)35(44(54(38)8-2)33-14-12-20-50-43(33)30(3)62-6)26-49(4,5)29-63-48(61)40-16-13-22-56(64-40)47(36)60/h7,12,14,17-18,20,24,28,30,32,36,39-40H,1,8-11,13,15-16,19,21-23,25-27,29H2,2-6H3,(H,52,58)/t30-,32-,36-,39-,40-/m0/s1. The molecule has 346 valence electrons. The van der Waals surface area contributed by atoms with Gasteiger partial charge in [-0.1, -0.05) is 39.3 Å². The summed E-state index contributed by atoms with van der Waals surface area (Å²) in [5, 5.41) is 7.87. The molecule has 0 radical (unpaired) electrons. The number of likely N-dealkylation sites (tertiary alicyclic amines) is 2. The number of hydrogen-bond donors (Lipinski definition) is 1. The summed E-state index contributed by atoms with van der Waals surface area (Å²) in [5.41, 5.74) is 6.06. The molecule has 4 aromatic rings. The van der Waals surface area contributed by atoms with Gasteiger partial charge >= 0.3 is 5.97 Å². The van der Waals surface area contributed by atoms with Crippen molar-refractivity contribution in [2.24, 2.45) is 11.3 Å². The number of benzene rings is 1. The molecule has 0 saturated carbocycles. The van der Waals surface area contributed by atoms with Gasteiger partial charge in [-0.05, 0) is 88.3 Å². The fourth-order valence-corrected chi connectivity index (χ4v) is 10.7. The largest absolute Gasteiger partial charge is 0.463 e. The zero-order valence-electron chi connectivity index (χ0n) is 38.2. The Morgan fingerprint density at radius 2 is 1.91 bits per heavy atom. The number of aryl methyl sites for hydroxylation is 1. The Kier molecular flexibility index (Phi) is 13.9. The highest BCUT2D eigenvalue weighted by Crippen LogP contribution is 2.42. The van der Waals surface area contributed by atoms with Crippen LogP contribution in [0.25, 0.3) is 33.4 Å². The Labute approximate surface area is 384 Å². The molecule has 16 heteroatoms. The molecule has 0 aliphatic carbocycles. The normalized spacial score (nSPS) is 23.4. The molecule has 3 saturated heterocycles. The number of carbonyl (C=O) groups excluding carboxylic acids is 5. The third-order valence-electron chi connectivity index (χ3n) is 13.4. The highest BCUT2D eigenvalue weighted by molar-refractivity contribution is 7.10. The predicted octanol–water partition coefficient (Wildman–Crippen LogP) is 6.44. The quantitative estimate of drug-likeness (QED) is 0.154. The maximum absolute atomic E-state index is 14.6. The van der Waals surface area contributed by atoms with Crippen LogP contribution >= 0.6 is 11.3 Å². The van der Waals surface area contributed by atoms with Crippen molar-refractivity contribution >= 4 is 51.8 Å². The van der Waals surface area contributed by atoms with E-state index in [1.807, 2.05) is 18.4 Å². The number of pyridine rings is 1. The van der Waals surface area contributed by atoms with Gasteiger partial charge in [-0.3, -0.25) is 29.0 Å². The highest BCUT2D eigenvalue weighted by atomic mass is 32.1. The number of fused-ring (bicyclic) bond motifs is 6. The molecule has 0 unspecified atom stereocenters. The van der Waals surface area contributed by atoms with E-state index in [0.717, 1.165) is 63.9 Å². The van der Waals surface area contributed by atoms with E-state index in [2.05, 4.69) is 61.5 Å². The minimum Gasteiger partial charge on any atom is -0.463 e. The van der Waals surface area contributed by atoms with Crippen LogP contribution in [0.3, 0.4) is 0 Å². The third kappa shape index (κ3) is 9.61. The minimum absolute atomic E-state index is 0.0612. The minimum atomic E-state index is -1.11. The fraction of sp³-hybridized carbons (Fsp3) is 0.531. The van der Waals surface area contributed by atoms with E-state index >= 15 is 0 Å². The number of cyclic esters (lactones) is 1. The first-order valence-corrected chi connectivity index (χ1v) is 23.9. The van der Waals surface area contributed by atoms with Crippen molar-refractivity contribution in [3.8, 4) is 22.5 Å². The van der Waals surface area contributed by atoms with E-state index in [1.165, 1.54) is 22.5 Å². The number of esters is 1. The summed E-state index contributed by atoms with van der Waals surface area (Å²) in [7, 11) is 1.68. The number of ether oxygens (including phenoxy) is 2. The number of methoxy groups -OCH3 is 1. The molecule has 1 N–H and O–H groups in total. The first-order valence-electron chi connectivity index (χ1n) is 23.1. The molecule has 65 heavy (non-hydrogen) atoms. The van der Waals surface area contributed by atoms with E-state index in [1.54, 1.807) is 23.1 Å². The van der Waals surface area contributed by atoms with Crippen molar-refractivity contribution < 1.29 is 38.3 Å². The van der Waals surface area contributed by atoms with Crippen LogP contribution in [0.15, 0.2) is 54.6 Å². The molecular weight excluding hydrogens is 847 g/mol. The number of amides is 4. The van der Waals surface area contributed by atoms with E-state index in [-0.39, 0.29) is 44.0 Å². The van der Waals surface area contributed by atoms with Crippen molar-refractivity contribution in [1.82, 2.24) is 34.7 Å². The van der Waals surface area contributed by atoms with Gasteiger partial charge in [-0.2, -0.15) is 0 Å². The molecule has 15 nitrogen and oxygen atoms in total. The molecule has 8 rings (SSSR count). The lowest BCUT2D eigenvalue weighted by atomic mass is 9.84. The van der Waals surface area contributed by atoms with Gasteiger partial charge in [0.2, 0.25) is 17.7 Å². The number of hydroxylamine groups is 2. The van der Waals surface area contributed by atoms with Crippen LogP contribution in [0, 0.1) is 11.3 Å². The molecule has 6 bridgehead atoms. The Morgan fingerprint density at radius 3 is 2.69 bits per heavy atom. The third-order valence-corrected chi connectivity index (χ3v) is 14.2. The second-order valence-electron chi connectivity index (χ2n) is 18.5. The van der Waals surface area contributed by atoms with Crippen molar-refractivity contribution in [3.05, 3.63) is 70.8 Å². The Hall–Kier alpha value is -5.45. The second kappa shape index (κ2) is 19.6. The summed E-state index contributed by atoms with van der Waals surface area (Å²) in [6.07, 6.45) is 6.52. The Balaban J connectivity index is 1.16. The van der Waals surface area contributed by atoms with Gasteiger partial charge in [-0.25, -0.2) is 14.8 Å². The molecular formula is C49H61N7O8S. The summed E-state index contributed by atoms with van der Waals surface area (Å²) in [4.78, 5) is 88.7. The molecule has 1 aromatic carbocycles. The molecule has 5 atom stereocenters. The van der Waals surface area contributed by atoms with Crippen LogP contribution in [0.1, 0.15) is 95.0 Å². The van der Waals surface area contributed by atoms with Gasteiger partial charge < -0.3 is 29.2 Å². The smallest absolute Gasteiger partial charge is 0.338 e. The first kappa shape index (κ1) is 46.1. The summed E-state index contributed by atoms with van der Waals surface area (Å²) < 4.78 is 14.2. The summed E-state index contributed by atoms with van der Waals surface area (Å²) in [6.45, 7) is 14.0. The average Bonchev–Trinajstić information content (AvgIpc) is 4.02.